The molecule has 0 atom stereocenters. The van der Waals surface area contributed by atoms with Crippen LogP contribution in [0.4, 0.5) is 5.69 Å². The molecule has 0 fully saturated rings. The van der Waals surface area contributed by atoms with Gasteiger partial charge in [-0.15, -0.1) is 22.7 Å². The highest BCUT2D eigenvalue weighted by Crippen LogP contribution is 2.55. The largest absolute Gasteiger partial charge is 0.456 e. The second-order valence-electron chi connectivity index (χ2n) is 17.6. The summed E-state index contributed by atoms with van der Waals surface area (Å²) in [4.78, 5) is 4.69. The van der Waals surface area contributed by atoms with Crippen molar-refractivity contribution in [3.05, 3.63) is 211 Å². The van der Waals surface area contributed by atoms with Gasteiger partial charge in [0.15, 0.2) is 0 Å². The van der Waals surface area contributed by atoms with Gasteiger partial charge in [0, 0.05) is 69.0 Å². The Bertz CT molecular complexity index is 4600. The van der Waals surface area contributed by atoms with Crippen LogP contribution in [0.15, 0.2) is 199 Å². The lowest BCUT2D eigenvalue weighted by molar-refractivity contribution is 0.669. The van der Waals surface area contributed by atoms with Gasteiger partial charge in [0.05, 0.1) is 60.4 Å². The first-order valence-electron chi connectivity index (χ1n) is 22.9. The first-order valence-corrected chi connectivity index (χ1v) is 24.5. The minimum Gasteiger partial charge on any atom is -0.456 e. The average Bonchev–Trinajstić information content (AvgIpc) is 4.22. The van der Waals surface area contributed by atoms with Gasteiger partial charge in [0.1, 0.15) is 17.2 Å². The summed E-state index contributed by atoms with van der Waals surface area (Å²) in [6.07, 6.45) is 0. The maximum Gasteiger partial charge on any atom is 0.221 e. The number of benzene rings is 10. The minimum absolute atomic E-state index is 0.401. The smallest absolute Gasteiger partial charge is 0.221 e. The molecule has 0 aliphatic carbocycles. The predicted molar refractivity (Wildman–Crippen MR) is 290 cm³/mol. The van der Waals surface area contributed by atoms with E-state index in [1.165, 1.54) is 20.2 Å². The molecule has 5 heterocycles. The van der Waals surface area contributed by atoms with E-state index in [4.69, 9.17) is 9.26 Å². The Morgan fingerprint density at radius 2 is 0.942 bits per heavy atom. The Kier molecular flexibility index (Phi) is 7.89. The molecule has 69 heavy (non-hydrogen) atoms. The van der Waals surface area contributed by atoms with Crippen LogP contribution < -0.4 is 0 Å². The van der Waals surface area contributed by atoms with Crippen LogP contribution in [0.1, 0.15) is 5.56 Å². The van der Waals surface area contributed by atoms with Crippen LogP contribution >= 0.6 is 22.7 Å². The summed E-state index contributed by atoms with van der Waals surface area (Å²) < 4.78 is 15.9. The van der Waals surface area contributed by atoms with Crippen molar-refractivity contribution in [1.82, 2.24) is 9.13 Å². The quantitative estimate of drug-likeness (QED) is 0.165. The summed E-state index contributed by atoms with van der Waals surface area (Å²) >= 11 is 3.54. The number of thiophene rings is 2. The summed E-state index contributed by atoms with van der Waals surface area (Å²) in [7, 11) is 0. The monoisotopic (exact) mass is 912 g/mol. The van der Waals surface area contributed by atoms with E-state index in [9.17, 15) is 11.8 Å². The Labute approximate surface area is 401 Å². The van der Waals surface area contributed by atoms with Crippen molar-refractivity contribution in [2.75, 3.05) is 0 Å². The molecule has 15 aromatic rings. The SMILES string of the molecule is [C-]#[N+]c1c(-c2ccccc2)c(-n2c3ccccc3c3ccc4oc5ccccc5c4c32)c(-c2ccccc2)c(C#N)c1-n1c2c(ccc3c4ccccc4sc32)c2ccc3c4ccccc4sc3c21. The third kappa shape index (κ3) is 5.10. The molecule has 15 rings (SSSR count). The van der Waals surface area contributed by atoms with Crippen LogP contribution in [-0.2, 0) is 0 Å². The topological polar surface area (TPSA) is 51.1 Å². The number of fused-ring (bicyclic) bond motifs is 18. The standard InChI is InChI=1S/C62H32N4OS2/c1-64-55-53(36-18-6-3-7-19-36)60(65-47-24-12-8-20-37(47)40-32-33-49-54(56(40)65)45-23-9-13-25-48(45)67-49)52(35-16-4-2-5-17-35)46(34-63)57(55)66-58-41(28-30-43-38-21-10-14-26-50(38)68-61(43)58)42-29-31-44-39-22-11-15-27-51(39)69-62(44)59(42)66/h2-33H. The second-order valence-corrected chi connectivity index (χ2v) is 19.7. The summed E-state index contributed by atoms with van der Waals surface area (Å²) in [5.74, 6) is 0. The highest BCUT2D eigenvalue weighted by molar-refractivity contribution is 7.27. The summed E-state index contributed by atoms with van der Waals surface area (Å²) in [5.41, 5.74) is 10.9. The van der Waals surface area contributed by atoms with E-state index in [0.29, 0.717) is 16.9 Å². The Hall–Kier alpha value is -8.98. The van der Waals surface area contributed by atoms with Crippen molar-refractivity contribution in [1.29, 1.82) is 5.26 Å². The Morgan fingerprint density at radius 3 is 1.57 bits per heavy atom. The third-order valence-corrected chi connectivity index (χ3v) is 16.6. The van der Waals surface area contributed by atoms with Crippen LogP contribution in [-0.4, -0.2) is 9.13 Å². The summed E-state index contributed by atoms with van der Waals surface area (Å²) in [5, 5.41) is 23.2. The van der Waals surface area contributed by atoms with Gasteiger partial charge in [0.25, 0.3) is 0 Å². The van der Waals surface area contributed by atoms with Gasteiger partial charge in [-0.25, -0.2) is 4.85 Å². The van der Waals surface area contributed by atoms with Crippen molar-refractivity contribution >= 4 is 134 Å². The van der Waals surface area contributed by atoms with E-state index in [2.05, 4.69) is 161 Å². The number of rotatable bonds is 4. The molecule has 10 aromatic carbocycles. The maximum atomic E-state index is 12.3. The molecule has 5 nitrogen and oxygen atoms in total. The molecular formula is C62H32N4OS2. The highest BCUT2D eigenvalue weighted by Gasteiger charge is 2.33. The maximum absolute atomic E-state index is 12.3. The predicted octanol–water partition coefficient (Wildman–Crippen LogP) is 18.3. The molecule has 0 unspecified atom stereocenters. The van der Waals surface area contributed by atoms with Crippen molar-refractivity contribution in [2.45, 2.75) is 0 Å². The Balaban J connectivity index is 1.24. The third-order valence-electron chi connectivity index (χ3n) is 14.2. The van der Waals surface area contributed by atoms with Gasteiger partial charge in [-0.05, 0) is 47.5 Å². The molecule has 0 saturated heterocycles. The fourth-order valence-electron chi connectivity index (χ4n) is 11.4. The van der Waals surface area contributed by atoms with Crippen LogP contribution in [0.2, 0.25) is 0 Å². The molecule has 0 saturated carbocycles. The number of hydrogen-bond donors (Lipinski definition) is 0. The second kappa shape index (κ2) is 14.3. The molecule has 0 bridgehead atoms. The number of furan rings is 1. The van der Waals surface area contributed by atoms with Crippen LogP contribution in [0.25, 0.3) is 144 Å². The van der Waals surface area contributed by atoms with E-state index < -0.39 is 0 Å². The van der Waals surface area contributed by atoms with E-state index in [-0.39, 0.29) is 0 Å². The fraction of sp³-hybridized carbons (Fsp3) is 0. The van der Waals surface area contributed by atoms with Gasteiger partial charge >= 0.3 is 0 Å². The lowest BCUT2D eigenvalue weighted by Gasteiger charge is -2.26. The van der Waals surface area contributed by atoms with E-state index >= 15 is 0 Å². The molecule has 0 spiro atoms. The van der Waals surface area contributed by atoms with Crippen LogP contribution in [0.3, 0.4) is 0 Å². The van der Waals surface area contributed by atoms with E-state index in [0.717, 1.165) is 114 Å². The number of nitrogens with zero attached hydrogens (tertiary/aromatic N) is 4. The van der Waals surface area contributed by atoms with Gasteiger partial charge in [0.2, 0.25) is 5.69 Å². The normalized spacial score (nSPS) is 12.0. The molecule has 0 N–H and O–H groups in total. The molecule has 318 valence electrons. The van der Waals surface area contributed by atoms with Crippen molar-refractivity contribution in [3.8, 4) is 39.7 Å². The number of hydrogen-bond acceptors (Lipinski definition) is 4. The molecule has 0 amide bonds. The lowest BCUT2D eigenvalue weighted by Crippen LogP contribution is -2.08. The van der Waals surface area contributed by atoms with E-state index in [1.54, 1.807) is 22.7 Å². The number of nitriles is 1. The first kappa shape index (κ1) is 38.2. The average molecular weight is 913 g/mol. The number of para-hydroxylation sites is 2. The number of aromatic nitrogens is 2. The zero-order chi connectivity index (χ0) is 45.5. The summed E-state index contributed by atoms with van der Waals surface area (Å²) in [6, 6.07) is 70.6. The lowest BCUT2D eigenvalue weighted by atomic mass is 9.88. The summed E-state index contributed by atoms with van der Waals surface area (Å²) in [6.45, 7) is 9.59. The molecule has 0 aliphatic rings. The van der Waals surface area contributed by atoms with E-state index in [1.807, 2.05) is 48.5 Å². The van der Waals surface area contributed by atoms with Gasteiger partial charge in [-0.1, -0.05) is 158 Å². The van der Waals surface area contributed by atoms with Crippen molar-refractivity contribution in [2.24, 2.45) is 0 Å². The molecule has 7 heteroatoms. The molecule has 5 aromatic heterocycles. The van der Waals surface area contributed by atoms with Gasteiger partial charge in [-0.2, -0.15) is 5.26 Å². The minimum atomic E-state index is 0.401. The van der Waals surface area contributed by atoms with Crippen LogP contribution in [0.5, 0.6) is 0 Å². The molecule has 0 aliphatic heterocycles. The zero-order valence-electron chi connectivity index (χ0n) is 36.5. The van der Waals surface area contributed by atoms with Crippen molar-refractivity contribution < 1.29 is 4.42 Å². The van der Waals surface area contributed by atoms with Crippen molar-refractivity contribution in [3.63, 3.8) is 0 Å². The van der Waals surface area contributed by atoms with Gasteiger partial charge < -0.3 is 13.6 Å². The first-order chi connectivity index (χ1) is 34.2. The Morgan fingerprint density at radius 1 is 0.435 bits per heavy atom. The molecule has 0 radical (unpaired) electrons. The zero-order valence-corrected chi connectivity index (χ0v) is 38.1. The van der Waals surface area contributed by atoms with Crippen LogP contribution in [0, 0.1) is 17.9 Å². The molecular weight excluding hydrogens is 881 g/mol. The van der Waals surface area contributed by atoms with Gasteiger partial charge in [-0.3, -0.25) is 0 Å². The fourth-order valence-corrected chi connectivity index (χ4v) is 13.9. The highest BCUT2D eigenvalue weighted by atomic mass is 32.1.